The Bertz CT molecular complexity index is 1080. The molecule has 2 atom stereocenters. The van der Waals surface area contributed by atoms with Crippen LogP contribution in [-0.4, -0.2) is 38.7 Å². The average molecular weight is 392 g/mol. The molecule has 2 aliphatic heterocycles. The van der Waals surface area contributed by atoms with E-state index in [2.05, 4.69) is 27.6 Å². The number of carbonyl (C=O) groups excluding carboxylic acids is 2. The van der Waals surface area contributed by atoms with Crippen molar-refractivity contribution in [1.82, 2.24) is 15.1 Å². The van der Waals surface area contributed by atoms with Crippen molar-refractivity contribution in [2.75, 3.05) is 11.1 Å². The van der Waals surface area contributed by atoms with E-state index in [1.165, 1.54) is 0 Å². The summed E-state index contributed by atoms with van der Waals surface area (Å²) in [5.74, 6) is 0.516. The number of hydrogen-bond acceptors (Lipinski definition) is 4. The Kier molecular flexibility index (Phi) is 3.94. The van der Waals surface area contributed by atoms with E-state index in [4.69, 9.17) is 0 Å². The molecule has 2 N–H and O–H groups in total. The highest BCUT2D eigenvalue weighted by molar-refractivity contribution is 8.00. The number of H-pyrrole nitrogens is 1. The summed E-state index contributed by atoms with van der Waals surface area (Å²) < 4.78 is 0. The monoisotopic (exact) mass is 392 g/mol. The Morgan fingerprint density at radius 2 is 2.14 bits per heavy atom. The Hall–Kier alpha value is -2.80. The molecule has 2 aromatic carbocycles. The summed E-state index contributed by atoms with van der Waals surface area (Å²) in [7, 11) is 0. The highest BCUT2D eigenvalue weighted by Crippen LogP contribution is 2.54. The van der Waals surface area contributed by atoms with E-state index in [1.807, 2.05) is 42.2 Å². The Labute approximate surface area is 166 Å². The highest BCUT2D eigenvalue weighted by Gasteiger charge is 2.56. The van der Waals surface area contributed by atoms with Gasteiger partial charge in [-0.2, -0.15) is 5.10 Å². The van der Waals surface area contributed by atoms with Crippen molar-refractivity contribution in [1.29, 1.82) is 0 Å². The van der Waals surface area contributed by atoms with Crippen LogP contribution in [0.4, 0.5) is 5.69 Å². The molecule has 0 radical (unpaired) electrons. The van der Waals surface area contributed by atoms with Gasteiger partial charge in [0.05, 0.1) is 11.7 Å². The molecule has 142 valence electrons. The fourth-order valence-electron chi connectivity index (χ4n) is 4.29. The lowest BCUT2D eigenvalue weighted by atomic mass is 10.0. The number of hydrogen-bond donors (Lipinski definition) is 2. The minimum Gasteiger partial charge on any atom is -0.324 e. The van der Waals surface area contributed by atoms with Crippen LogP contribution < -0.4 is 5.32 Å². The molecule has 2 amide bonds. The lowest BCUT2D eigenvalue weighted by molar-refractivity contribution is -0.136. The minimum atomic E-state index is -0.473. The third-order valence-electron chi connectivity index (χ3n) is 5.70. The number of benzene rings is 2. The first-order valence-corrected chi connectivity index (χ1v) is 10.3. The van der Waals surface area contributed by atoms with Crippen LogP contribution in [0.25, 0.3) is 10.9 Å². The van der Waals surface area contributed by atoms with E-state index >= 15 is 0 Å². The molecular weight excluding hydrogens is 372 g/mol. The lowest BCUT2D eigenvalue weighted by Gasteiger charge is -2.34. The van der Waals surface area contributed by atoms with Crippen molar-refractivity contribution < 1.29 is 9.59 Å². The van der Waals surface area contributed by atoms with Crippen molar-refractivity contribution in [2.45, 2.75) is 30.7 Å². The van der Waals surface area contributed by atoms with Crippen LogP contribution in [0.3, 0.4) is 0 Å². The third kappa shape index (κ3) is 2.53. The predicted octanol–water partition coefficient (Wildman–Crippen LogP) is 3.40. The van der Waals surface area contributed by atoms with Crippen LogP contribution in [0.1, 0.15) is 24.0 Å². The second kappa shape index (κ2) is 6.38. The summed E-state index contributed by atoms with van der Waals surface area (Å²) in [6.45, 7) is 1.95. The number of aromatic amines is 1. The summed E-state index contributed by atoms with van der Waals surface area (Å²) in [5.41, 5.74) is 3.74. The number of thioether (sulfide) groups is 1. The number of carbonyl (C=O) groups is 2. The first-order chi connectivity index (χ1) is 13.6. The van der Waals surface area contributed by atoms with Crippen molar-refractivity contribution in [2.24, 2.45) is 0 Å². The van der Waals surface area contributed by atoms with E-state index in [-0.39, 0.29) is 11.8 Å². The molecule has 0 aliphatic carbocycles. The molecule has 28 heavy (non-hydrogen) atoms. The van der Waals surface area contributed by atoms with Crippen LogP contribution in [0.2, 0.25) is 0 Å². The maximum atomic E-state index is 13.2. The zero-order chi connectivity index (χ0) is 19.3. The number of fused-ring (bicyclic) bond motifs is 2. The largest absolute Gasteiger partial charge is 0.324 e. The van der Waals surface area contributed by atoms with Gasteiger partial charge in [-0.15, -0.1) is 11.8 Å². The zero-order valence-electron chi connectivity index (χ0n) is 15.4. The number of nitrogens with zero attached hydrogens (tertiary/aromatic N) is 2. The Morgan fingerprint density at radius 3 is 2.96 bits per heavy atom. The van der Waals surface area contributed by atoms with Crippen molar-refractivity contribution >= 4 is 40.2 Å². The first kappa shape index (κ1) is 17.3. The van der Waals surface area contributed by atoms with Gasteiger partial charge in [-0.25, -0.2) is 0 Å². The summed E-state index contributed by atoms with van der Waals surface area (Å²) in [5, 5.41) is 11.0. The highest BCUT2D eigenvalue weighted by atomic mass is 32.2. The average Bonchev–Trinajstić information content (AvgIpc) is 3.39. The molecule has 1 aromatic heterocycles. The minimum absolute atomic E-state index is 0.0519. The molecule has 7 heteroatoms. The van der Waals surface area contributed by atoms with Gasteiger partial charge in [0.15, 0.2) is 0 Å². The van der Waals surface area contributed by atoms with E-state index in [0.717, 1.165) is 34.1 Å². The van der Waals surface area contributed by atoms with Gasteiger partial charge in [0.2, 0.25) is 11.8 Å². The molecule has 3 heterocycles. The van der Waals surface area contributed by atoms with Crippen molar-refractivity contribution in [3.8, 4) is 0 Å². The number of aromatic nitrogens is 2. The van der Waals surface area contributed by atoms with Gasteiger partial charge in [0, 0.05) is 23.2 Å². The number of rotatable bonds is 3. The van der Waals surface area contributed by atoms with E-state index in [1.54, 1.807) is 18.0 Å². The van der Waals surface area contributed by atoms with Gasteiger partial charge in [-0.05, 0) is 36.6 Å². The second-order valence-corrected chi connectivity index (χ2v) is 8.65. The van der Waals surface area contributed by atoms with Gasteiger partial charge in [0.25, 0.3) is 0 Å². The number of nitrogens with one attached hydrogen (secondary N) is 2. The quantitative estimate of drug-likeness (QED) is 0.716. The molecular formula is C21H20N4O2S. The van der Waals surface area contributed by atoms with Gasteiger partial charge in [-0.1, -0.05) is 30.3 Å². The smallest absolute Gasteiger partial charge is 0.248 e. The fraction of sp³-hybridized carbons (Fsp3) is 0.286. The molecule has 2 aliphatic rings. The molecule has 3 aromatic rings. The Morgan fingerprint density at radius 1 is 1.32 bits per heavy atom. The van der Waals surface area contributed by atoms with Crippen molar-refractivity contribution in [3.05, 3.63) is 59.8 Å². The predicted molar refractivity (Wildman–Crippen MR) is 110 cm³/mol. The van der Waals surface area contributed by atoms with Crippen LogP contribution in [0, 0.1) is 6.92 Å². The van der Waals surface area contributed by atoms with Gasteiger partial charge in [-0.3, -0.25) is 14.7 Å². The topological polar surface area (TPSA) is 78.1 Å². The number of anilines is 1. The van der Waals surface area contributed by atoms with Crippen LogP contribution >= 0.6 is 11.8 Å². The molecule has 0 saturated carbocycles. The van der Waals surface area contributed by atoms with Gasteiger partial charge >= 0.3 is 0 Å². The van der Waals surface area contributed by atoms with Crippen LogP contribution in [0.15, 0.2) is 48.7 Å². The molecule has 0 bridgehead atoms. The number of aryl methyl sites for hydroxylation is 1. The maximum absolute atomic E-state index is 13.2. The Balaban J connectivity index is 1.45. The zero-order valence-corrected chi connectivity index (χ0v) is 16.3. The summed E-state index contributed by atoms with van der Waals surface area (Å²) in [6.07, 6.45) is 2.95. The summed E-state index contributed by atoms with van der Waals surface area (Å²) in [4.78, 5) is 27.3. The second-order valence-electron chi connectivity index (χ2n) is 7.35. The van der Waals surface area contributed by atoms with Gasteiger partial charge in [0.1, 0.15) is 10.9 Å². The molecule has 0 spiro atoms. The molecule has 2 fully saturated rings. The molecule has 2 unspecified atom stereocenters. The number of amides is 2. The van der Waals surface area contributed by atoms with Gasteiger partial charge < -0.3 is 10.2 Å². The van der Waals surface area contributed by atoms with E-state index in [0.29, 0.717) is 12.2 Å². The maximum Gasteiger partial charge on any atom is 0.248 e. The van der Waals surface area contributed by atoms with Crippen LogP contribution in [-0.2, 0) is 14.5 Å². The fourth-order valence-corrected chi connectivity index (χ4v) is 5.94. The summed E-state index contributed by atoms with van der Waals surface area (Å²) >= 11 is 1.70. The van der Waals surface area contributed by atoms with E-state index in [9.17, 15) is 9.59 Å². The third-order valence-corrected chi connectivity index (χ3v) is 7.29. The van der Waals surface area contributed by atoms with E-state index < -0.39 is 10.9 Å². The molecule has 5 rings (SSSR count). The van der Waals surface area contributed by atoms with Crippen molar-refractivity contribution in [3.63, 3.8) is 0 Å². The normalized spacial score (nSPS) is 24.0. The first-order valence-electron chi connectivity index (χ1n) is 9.35. The standard InChI is InChI=1S/C21H20N4O2S/c1-13-9-17-14(11-22-24-17)10-16(13)23-20(27)18-12-28-21(8-7-19(26)25(18)21)15-5-3-2-4-6-15/h2-6,9-11,18H,7-8,12H2,1H3,(H,22,24)(H,23,27). The van der Waals surface area contributed by atoms with Crippen LogP contribution in [0.5, 0.6) is 0 Å². The SMILES string of the molecule is Cc1cc2[nH]ncc2cc1NC(=O)C1CSC2(c3ccccc3)CCC(=O)N12. The summed E-state index contributed by atoms with van der Waals surface area (Å²) in [6, 6.07) is 13.5. The molecule has 2 saturated heterocycles. The molecule has 6 nitrogen and oxygen atoms in total. The lowest BCUT2D eigenvalue weighted by Crippen LogP contribution is -2.48.